The topological polar surface area (TPSA) is 80.7 Å². The first-order valence-corrected chi connectivity index (χ1v) is 6.87. The summed E-state index contributed by atoms with van der Waals surface area (Å²) in [7, 11) is 0. The average molecular weight is 290 g/mol. The van der Waals surface area contributed by atoms with Gasteiger partial charge in [0.05, 0.1) is 11.0 Å². The van der Waals surface area contributed by atoms with E-state index in [2.05, 4.69) is 0 Å². The van der Waals surface area contributed by atoms with Crippen LogP contribution >= 0.6 is 0 Å². The number of aldehydes is 1. The van der Waals surface area contributed by atoms with Crippen molar-refractivity contribution >= 4 is 18.2 Å². The normalized spacial score (nSPS) is 24.0. The van der Waals surface area contributed by atoms with Gasteiger partial charge in [0.2, 0.25) is 0 Å². The van der Waals surface area contributed by atoms with Gasteiger partial charge in [-0.2, -0.15) is 0 Å². The number of hydrogen-bond acceptors (Lipinski definition) is 4. The summed E-state index contributed by atoms with van der Waals surface area (Å²) in [5.74, 6) is -1.43. The number of esters is 1. The highest BCUT2D eigenvalue weighted by Gasteiger charge is 2.44. The SMILES string of the molecule is CC1c2ccc(C(=O)O)cc2CCC1(C)C(=O)OCC=O. The summed E-state index contributed by atoms with van der Waals surface area (Å²) < 4.78 is 4.98. The first-order chi connectivity index (χ1) is 9.90. The van der Waals surface area contributed by atoms with E-state index in [1.165, 1.54) is 0 Å². The van der Waals surface area contributed by atoms with Crippen molar-refractivity contribution in [3.05, 3.63) is 34.9 Å². The molecule has 1 aromatic rings. The van der Waals surface area contributed by atoms with Gasteiger partial charge in [0, 0.05) is 0 Å². The van der Waals surface area contributed by atoms with Crippen LogP contribution in [0, 0.1) is 5.41 Å². The predicted molar refractivity (Wildman–Crippen MR) is 75.3 cm³/mol. The van der Waals surface area contributed by atoms with Crippen LogP contribution in [0.25, 0.3) is 0 Å². The Hall–Kier alpha value is -2.17. The molecule has 0 spiro atoms. The van der Waals surface area contributed by atoms with E-state index in [0.717, 1.165) is 11.1 Å². The van der Waals surface area contributed by atoms with Gasteiger partial charge in [-0.3, -0.25) is 9.59 Å². The van der Waals surface area contributed by atoms with Crippen molar-refractivity contribution in [2.45, 2.75) is 32.6 Å². The number of carboxylic acids is 1. The van der Waals surface area contributed by atoms with E-state index in [9.17, 15) is 14.4 Å². The Balaban J connectivity index is 2.31. The maximum atomic E-state index is 12.2. The Labute approximate surface area is 122 Å². The fraction of sp³-hybridized carbons (Fsp3) is 0.438. The Morgan fingerprint density at radius 3 is 2.81 bits per heavy atom. The second-order valence-electron chi connectivity index (χ2n) is 5.62. The third-order valence-electron chi connectivity index (χ3n) is 4.47. The highest BCUT2D eigenvalue weighted by Crippen LogP contribution is 2.46. The van der Waals surface area contributed by atoms with Crippen LogP contribution in [-0.4, -0.2) is 29.9 Å². The second-order valence-corrected chi connectivity index (χ2v) is 5.62. The highest BCUT2D eigenvalue weighted by atomic mass is 16.5. The lowest BCUT2D eigenvalue weighted by molar-refractivity contribution is -0.158. The summed E-state index contributed by atoms with van der Waals surface area (Å²) in [6, 6.07) is 5.00. The van der Waals surface area contributed by atoms with E-state index in [-0.39, 0.29) is 24.1 Å². The largest absolute Gasteiger partial charge is 0.478 e. The van der Waals surface area contributed by atoms with E-state index in [0.29, 0.717) is 19.1 Å². The zero-order chi connectivity index (χ0) is 15.6. The van der Waals surface area contributed by atoms with Gasteiger partial charge in [-0.1, -0.05) is 13.0 Å². The van der Waals surface area contributed by atoms with Gasteiger partial charge in [-0.15, -0.1) is 0 Å². The number of aryl methyl sites for hydroxylation is 1. The monoisotopic (exact) mass is 290 g/mol. The van der Waals surface area contributed by atoms with Crippen molar-refractivity contribution in [1.82, 2.24) is 0 Å². The molecule has 0 aromatic heterocycles. The number of aromatic carboxylic acids is 1. The summed E-state index contributed by atoms with van der Waals surface area (Å²) in [5, 5.41) is 9.03. The van der Waals surface area contributed by atoms with Crippen molar-refractivity contribution in [3.8, 4) is 0 Å². The van der Waals surface area contributed by atoms with Crippen LogP contribution in [0.3, 0.4) is 0 Å². The number of carbonyl (C=O) groups excluding carboxylic acids is 2. The molecule has 1 aromatic carbocycles. The van der Waals surface area contributed by atoms with Crippen molar-refractivity contribution in [2.24, 2.45) is 5.41 Å². The molecule has 0 saturated heterocycles. The minimum absolute atomic E-state index is 0.0942. The van der Waals surface area contributed by atoms with Crippen molar-refractivity contribution in [1.29, 1.82) is 0 Å². The van der Waals surface area contributed by atoms with Gasteiger partial charge in [-0.05, 0) is 48.9 Å². The van der Waals surface area contributed by atoms with Gasteiger partial charge in [-0.25, -0.2) is 4.79 Å². The van der Waals surface area contributed by atoms with Crippen LogP contribution in [0.5, 0.6) is 0 Å². The number of hydrogen-bond donors (Lipinski definition) is 1. The molecule has 5 nitrogen and oxygen atoms in total. The molecule has 0 amide bonds. The minimum Gasteiger partial charge on any atom is -0.478 e. The zero-order valence-corrected chi connectivity index (χ0v) is 12.1. The fourth-order valence-electron chi connectivity index (χ4n) is 2.89. The standard InChI is InChI=1S/C16H18O5/c1-10-13-4-3-12(14(18)19)9-11(13)5-6-16(10,2)15(20)21-8-7-17/h3-4,7,9-10H,5-6,8H2,1-2H3,(H,18,19). The molecule has 5 heteroatoms. The molecule has 0 aliphatic heterocycles. The first-order valence-electron chi connectivity index (χ1n) is 6.87. The summed E-state index contributed by atoms with van der Waals surface area (Å²) >= 11 is 0. The Morgan fingerprint density at radius 1 is 1.48 bits per heavy atom. The summed E-state index contributed by atoms with van der Waals surface area (Å²) in [5.41, 5.74) is 1.49. The molecular formula is C16H18O5. The van der Waals surface area contributed by atoms with Crippen LogP contribution in [0.15, 0.2) is 18.2 Å². The molecule has 1 aliphatic rings. The van der Waals surface area contributed by atoms with E-state index in [1.54, 1.807) is 18.2 Å². The van der Waals surface area contributed by atoms with E-state index < -0.39 is 11.4 Å². The zero-order valence-electron chi connectivity index (χ0n) is 12.1. The summed E-state index contributed by atoms with van der Waals surface area (Å²) in [4.78, 5) is 33.6. The molecule has 2 rings (SSSR count). The fourth-order valence-corrected chi connectivity index (χ4v) is 2.89. The van der Waals surface area contributed by atoms with Crippen LogP contribution < -0.4 is 0 Å². The molecule has 21 heavy (non-hydrogen) atoms. The molecule has 1 aliphatic carbocycles. The Kier molecular flexibility index (Phi) is 4.11. The predicted octanol–water partition coefficient (Wildman–Crippen LogP) is 2.18. The maximum Gasteiger partial charge on any atom is 0.335 e. The molecule has 112 valence electrons. The van der Waals surface area contributed by atoms with Gasteiger partial charge in [0.1, 0.15) is 6.61 Å². The first kappa shape index (κ1) is 15.2. The number of rotatable bonds is 4. The van der Waals surface area contributed by atoms with E-state index >= 15 is 0 Å². The Bertz CT molecular complexity index is 592. The van der Waals surface area contributed by atoms with Crippen LogP contribution in [0.2, 0.25) is 0 Å². The molecule has 0 bridgehead atoms. The molecule has 2 atom stereocenters. The lowest BCUT2D eigenvalue weighted by Crippen LogP contribution is -2.38. The third kappa shape index (κ3) is 2.68. The number of carbonyl (C=O) groups is 3. The number of ether oxygens (including phenoxy) is 1. The van der Waals surface area contributed by atoms with E-state index in [1.807, 2.05) is 13.8 Å². The molecule has 1 N–H and O–H groups in total. The molecule has 0 fully saturated rings. The van der Waals surface area contributed by atoms with E-state index in [4.69, 9.17) is 9.84 Å². The van der Waals surface area contributed by atoms with Gasteiger partial charge >= 0.3 is 11.9 Å². The van der Waals surface area contributed by atoms with Crippen molar-refractivity contribution in [2.75, 3.05) is 6.61 Å². The second kappa shape index (κ2) is 5.68. The highest BCUT2D eigenvalue weighted by molar-refractivity contribution is 5.88. The summed E-state index contributed by atoms with van der Waals surface area (Å²) in [6.45, 7) is 3.53. The lowest BCUT2D eigenvalue weighted by atomic mass is 9.65. The number of benzene rings is 1. The molecule has 0 radical (unpaired) electrons. The van der Waals surface area contributed by atoms with Gasteiger partial charge in [0.25, 0.3) is 0 Å². The molecule has 0 heterocycles. The minimum atomic E-state index is -0.954. The lowest BCUT2D eigenvalue weighted by Gasteiger charge is -2.38. The maximum absolute atomic E-state index is 12.2. The average Bonchev–Trinajstić information content (AvgIpc) is 2.48. The van der Waals surface area contributed by atoms with Crippen LogP contribution in [-0.2, 0) is 20.7 Å². The van der Waals surface area contributed by atoms with Crippen molar-refractivity contribution in [3.63, 3.8) is 0 Å². The van der Waals surface area contributed by atoms with Gasteiger partial charge in [0.15, 0.2) is 6.29 Å². The molecular weight excluding hydrogens is 272 g/mol. The summed E-state index contributed by atoms with van der Waals surface area (Å²) in [6.07, 6.45) is 1.75. The number of carboxylic acid groups (broad SMARTS) is 1. The smallest absolute Gasteiger partial charge is 0.335 e. The van der Waals surface area contributed by atoms with Gasteiger partial charge < -0.3 is 9.84 Å². The van der Waals surface area contributed by atoms with Crippen molar-refractivity contribution < 1.29 is 24.2 Å². The van der Waals surface area contributed by atoms with Crippen LogP contribution in [0.1, 0.15) is 47.7 Å². The molecule has 2 unspecified atom stereocenters. The molecule has 0 saturated carbocycles. The quantitative estimate of drug-likeness (QED) is 0.679. The van der Waals surface area contributed by atoms with Crippen LogP contribution in [0.4, 0.5) is 0 Å². The third-order valence-corrected chi connectivity index (χ3v) is 4.47. The Morgan fingerprint density at radius 2 is 2.19 bits per heavy atom. The number of fused-ring (bicyclic) bond motifs is 1.